The molecule has 2 heterocycles. The number of Topliss-reactive ketones (excluding diaryl/α,β-unsaturated/α-hetero) is 1. The van der Waals surface area contributed by atoms with Gasteiger partial charge in [-0.25, -0.2) is 4.79 Å². The van der Waals surface area contributed by atoms with E-state index in [1.54, 1.807) is 24.4 Å². The molecule has 1 aliphatic heterocycles. The molecule has 0 spiro atoms. The highest BCUT2D eigenvalue weighted by Gasteiger charge is 2.19. The molecule has 0 bridgehead atoms. The number of carbonyl (C=O) groups is 3. The minimum Gasteiger partial charge on any atom is -0.482 e. The van der Waals surface area contributed by atoms with Crippen molar-refractivity contribution in [3.63, 3.8) is 0 Å². The van der Waals surface area contributed by atoms with Gasteiger partial charge in [-0.1, -0.05) is 0 Å². The number of carbonyl (C=O) groups excluding carboxylic acids is 3. The summed E-state index contributed by atoms with van der Waals surface area (Å²) in [7, 11) is 0. The highest BCUT2D eigenvalue weighted by Crippen LogP contribution is 2.28. The predicted molar refractivity (Wildman–Crippen MR) is 84.2 cm³/mol. The molecular weight excluding hydrogens is 318 g/mol. The Morgan fingerprint density at radius 2 is 2.17 bits per heavy atom. The number of ketones is 1. The number of nitrogens with one attached hydrogen (secondary N) is 1. The molecule has 0 unspecified atom stereocenters. The minimum atomic E-state index is -0.513. The number of anilines is 1. The van der Waals surface area contributed by atoms with Gasteiger partial charge in [0.15, 0.2) is 19.0 Å². The molecule has 1 aliphatic rings. The van der Waals surface area contributed by atoms with Gasteiger partial charge >= 0.3 is 5.97 Å². The fraction of sp³-hybridized carbons (Fsp3) is 0.188. The molecule has 0 radical (unpaired) electrons. The summed E-state index contributed by atoms with van der Waals surface area (Å²) in [6.07, 6.45) is 0. The SMILES string of the molecule is Cc1ccsc1C(=O)OCC(=O)c1ccc2c(c1)NC(=O)CO2. The fourth-order valence-corrected chi connectivity index (χ4v) is 2.94. The van der Waals surface area contributed by atoms with Crippen LogP contribution in [0.15, 0.2) is 29.6 Å². The van der Waals surface area contributed by atoms with Crippen molar-refractivity contribution in [2.24, 2.45) is 0 Å². The number of amides is 1. The van der Waals surface area contributed by atoms with Gasteiger partial charge in [0.05, 0.1) is 5.69 Å². The van der Waals surface area contributed by atoms with Crippen molar-refractivity contribution in [1.29, 1.82) is 0 Å². The van der Waals surface area contributed by atoms with E-state index < -0.39 is 5.97 Å². The van der Waals surface area contributed by atoms with Gasteiger partial charge in [0.2, 0.25) is 0 Å². The number of ether oxygens (including phenoxy) is 2. The molecule has 0 saturated carbocycles. The zero-order chi connectivity index (χ0) is 16.4. The molecule has 1 amide bonds. The zero-order valence-electron chi connectivity index (χ0n) is 12.3. The van der Waals surface area contributed by atoms with E-state index in [9.17, 15) is 14.4 Å². The molecular formula is C16H13NO5S. The molecule has 0 saturated heterocycles. The molecule has 2 aromatic rings. The molecule has 0 atom stereocenters. The molecule has 1 N–H and O–H groups in total. The summed E-state index contributed by atoms with van der Waals surface area (Å²) in [5, 5.41) is 4.42. The lowest BCUT2D eigenvalue weighted by atomic mass is 10.1. The van der Waals surface area contributed by atoms with Crippen molar-refractivity contribution < 1.29 is 23.9 Å². The average molecular weight is 331 g/mol. The third-order valence-electron chi connectivity index (χ3n) is 3.32. The van der Waals surface area contributed by atoms with Crippen LogP contribution in [-0.4, -0.2) is 30.9 Å². The van der Waals surface area contributed by atoms with E-state index >= 15 is 0 Å². The molecule has 1 aromatic carbocycles. The summed E-state index contributed by atoms with van der Waals surface area (Å²) in [5.41, 5.74) is 1.60. The van der Waals surface area contributed by atoms with E-state index in [-0.39, 0.29) is 24.9 Å². The Kier molecular flexibility index (Phi) is 4.12. The summed E-state index contributed by atoms with van der Waals surface area (Å²) in [6, 6.07) is 6.50. The van der Waals surface area contributed by atoms with Gasteiger partial charge in [-0.05, 0) is 42.1 Å². The van der Waals surface area contributed by atoms with Crippen LogP contribution in [0.4, 0.5) is 5.69 Å². The maximum absolute atomic E-state index is 12.1. The number of hydrogen-bond donors (Lipinski definition) is 1. The van der Waals surface area contributed by atoms with E-state index in [0.29, 0.717) is 21.9 Å². The first kappa shape index (κ1) is 15.2. The van der Waals surface area contributed by atoms with Crippen molar-refractivity contribution in [3.05, 3.63) is 45.6 Å². The van der Waals surface area contributed by atoms with Crippen LogP contribution in [0.1, 0.15) is 25.6 Å². The third-order valence-corrected chi connectivity index (χ3v) is 4.31. The Hall–Kier alpha value is -2.67. The molecule has 0 fully saturated rings. The van der Waals surface area contributed by atoms with E-state index in [1.807, 2.05) is 6.07 Å². The normalized spacial score (nSPS) is 12.8. The number of benzene rings is 1. The minimum absolute atomic E-state index is 0.0436. The van der Waals surface area contributed by atoms with E-state index in [1.165, 1.54) is 17.4 Å². The lowest BCUT2D eigenvalue weighted by Crippen LogP contribution is -2.25. The molecule has 23 heavy (non-hydrogen) atoms. The second kappa shape index (κ2) is 6.21. The summed E-state index contributed by atoms with van der Waals surface area (Å²) in [6.45, 7) is 1.41. The lowest BCUT2D eigenvalue weighted by Gasteiger charge is -2.18. The van der Waals surface area contributed by atoms with Gasteiger partial charge in [-0.2, -0.15) is 0 Å². The first-order valence-electron chi connectivity index (χ1n) is 6.85. The fourth-order valence-electron chi connectivity index (χ4n) is 2.12. The Morgan fingerprint density at radius 1 is 1.35 bits per heavy atom. The van der Waals surface area contributed by atoms with Gasteiger partial charge < -0.3 is 14.8 Å². The monoisotopic (exact) mass is 331 g/mol. The zero-order valence-corrected chi connectivity index (χ0v) is 13.1. The Bertz CT molecular complexity index is 796. The smallest absolute Gasteiger partial charge is 0.349 e. The van der Waals surface area contributed by atoms with Crippen LogP contribution in [0.2, 0.25) is 0 Å². The van der Waals surface area contributed by atoms with E-state index in [0.717, 1.165) is 5.56 Å². The summed E-state index contributed by atoms with van der Waals surface area (Å²) in [5.74, 6) is -0.635. The second-order valence-corrected chi connectivity index (χ2v) is 5.90. The predicted octanol–water partition coefficient (Wildman–Crippen LogP) is 2.43. The second-order valence-electron chi connectivity index (χ2n) is 4.98. The van der Waals surface area contributed by atoms with Crippen LogP contribution in [-0.2, 0) is 9.53 Å². The number of fused-ring (bicyclic) bond motifs is 1. The average Bonchev–Trinajstić information content (AvgIpc) is 2.97. The first-order chi connectivity index (χ1) is 11.0. The number of thiophene rings is 1. The Labute approximate surface area is 136 Å². The Morgan fingerprint density at radius 3 is 2.91 bits per heavy atom. The summed E-state index contributed by atoms with van der Waals surface area (Å²) in [4.78, 5) is 35.8. The van der Waals surface area contributed by atoms with Gasteiger partial charge in [-0.3, -0.25) is 9.59 Å². The van der Waals surface area contributed by atoms with E-state index in [4.69, 9.17) is 9.47 Å². The highest BCUT2D eigenvalue weighted by molar-refractivity contribution is 7.12. The molecule has 6 nitrogen and oxygen atoms in total. The summed E-state index contributed by atoms with van der Waals surface area (Å²) < 4.78 is 10.3. The van der Waals surface area contributed by atoms with Crippen LogP contribution in [0.3, 0.4) is 0 Å². The Balaban J connectivity index is 1.67. The number of rotatable bonds is 4. The largest absolute Gasteiger partial charge is 0.482 e. The van der Waals surface area contributed by atoms with Crippen molar-refractivity contribution >= 4 is 34.7 Å². The number of esters is 1. The summed E-state index contributed by atoms with van der Waals surface area (Å²) >= 11 is 1.27. The van der Waals surface area contributed by atoms with Crippen molar-refractivity contribution in [1.82, 2.24) is 0 Å². The molecule has 1 aromatic heterocycles. The topological polar surface area (TPSA) is 81.7 Å². The molecule has 3 rings (SSSR count). The first-order valence-corrected chi connectivity index (χ1v) is 7.73. The standard InChI is InChI=1S/C16H13NO5S/c1-9-4-5-23-15(9)16(20)22-7-12(18)10-2-3-13-11(6-10)17-14(19)8-21-13/h2-6H,7-8H2,1H3,(H,17,19). The van der Waals surface area contributed by atoms with Gasteiger partial charge in [0, 0.05) is 5.56 Å². The number of hydrogen-bond acceptors (Lipinski definition) is 6. The molecule has 118 valence electrons. The van der Waals surface area contributed by atoms with Crippen molar-refractivity contribution in [2.45, 2.75) is 6.92 Å². The van der Waals surface area contributed by atoms with Crippen LogP contribution < -0.4 is 10.1 Å². The van der Waals surface area contributed by atoms with Crippen molar-refractivity contribution in [3.8, 4) is 5.75 Å². The van der Waals surface area contributed by atoms with Crippen molar-refractivity contribution in [2.75, 3.05) is 18.5 Å². The third kappa shape index (κ3) is 3.24. The van der Waals surface area contributed by atoms with Gasteiger partial charge in [-0.15, -0.1) is 11.3 Å². The molecule has 7 heteroatoms. The maximum Gasteiger partial charge on any atom is 0.349 e. The van der Waals surface area contributed by atoms with Crippen LogP contribution in [0, 0.1) is 6.92 Å². The maximum atomic E-state index is 12.1. The van der Waals surface area contributed by atoms with Crippen LogP contribution in [0.25, 0.3) is 0 Å². The quantitative estimate of drug-likeness (QED) is 0.687. The molecule has 0 aliphatic carbocycles. The lowest BCUT2D eigenvalue weighted by molar-refractivity contribution is -0.118. The van der Waals surface area contributed by atoms with Gasteiger partial charge in [0.25, 0.3) is 5.91 Å². The van der Waals surface area contributed by atoms with E-state index in [2.05, 4.69) is 5.32 Å². The van der Waals surface area contributed by atoms with Crippen LogP contribution in [0.5, 0.6) is 5.75 Å². The van der Waals surface area contributed by atoms with Crippen LogP contribution >= 0.6 is 11.3 Å². The highest BCUT2D eigenvalue weighted by atomic mass is 32.1. The number of aryl methyl sites for hydroxylation is 1. The van der Waals surface area contributed by atoms with Gasteiger partial charge in [0.1, 0.15) is 10.6 Å².